The summed E-state index contributed by atoms with van der Waals surface area (Å²) in [7, 11) is 0. The largest absolute Gasteiger partial charge is 0.364 e. The van der Waals surface area contributed by atoms with Gasteiger partial charge in [0.1, 0.15) is 5.69 Å². The number of pyridine rings is 1. The van der Waals surface area contributed by atoms with E-state index in [0.717, 1.165) is 0 Å². The van der Waals surface area contributed by atoms with Gasteiger partial charge in [0, 0.05) is 6.20 Å². The summed E-state index contributed by atoms with van der Waals surface area (Å²) in [5.41, 5.74) is 5.12. The molecule has 0 aromatic carbocycles. The van der Waals surface area contributed by atoms with Crippen molar-refractivity contribution in [2.45, 2.75) is 0 Å². The first-order valence-electron chi connectivity index (χ1n) is 2.72. The molecule has 0 saturated carbocycles. The predicted octanol–water partition coefficient (Wildman–Crippen LogP) is 1.60. The molecule has 11 heavy (non-hydrogen) atoms. The Balaban J connectivity index is 3.15. The average Bonchev–Trinajstić information content (AvgIpc) is 1.94. The van der Waals surface area contributed by atoms with Gasteiger partial charge < -0.3 is 5.73 Å². The highest BCUT2D eigenvalue weighted by molar-refractivity contribution is 9.10. The smallest absolute Gasteiger partial charge is 0.267 e. The van der Waals surface area contributed by atoms with Crippen molar-refractivity contribution in [3.63, 3.8) is 0 Å². The normalized spacial score (nSPS) is 9.64. The van der Waals surface area contributed by atoms with E-state index >= 15 is 0 Å². The molecule has 1 rings (SSSR count). The van der Waals surface area contributed by atoms with Gasteiger partial charge in [-0.15, -0.1) is 0 Å². The van der Waals surface area contributed by atoms with Gasteiger partial charge in [-0.1, -0.05) is 11.6 Å². The van der Waals surface area contributed by atoms with Crippen LogP contribution in [-0.4, -0.2) is 10.9 Å². The van der Waals surface area contributed by atoms with Gasteiger partial charge in [0.15, 0.2) is 0 Å². The number of amides is 1. The molecule has 2 N–H and O–H groups in total. The van der Waals surface area contributed by atoms with E-state index in [2.05, 4.69) is 20.9 Å². The van der Waals surface area contributed by atoms with Crippen LogP contribution >= 0.6 is 27.5 Å². The van der Waals surface area contributed by atoms with Crippen molar-refractivity contribution in [2.24, 2.45) is 5.73 Å². The van der Waals surface area contributed by atoms with Crippen LogP contribution in [0.2, 0.25) is 5.02 Å². The predicted molar refractivity (Wildman–Crippen MR) is 45.5 cm³/mol. The zero-order chi connectivity index (χ0) is 8.43. The fraction of sp³-hybridized carbons (Fsp3) is 0. The number of halogens is 2. The zero-order valence-corrected chi connectivity index (χ0v) is 7.69. The maximum absolute atomic E-state index is 10.6. The Kier molecular flexibility index (Phi) is 2.46. The monoisotopic (exact) mass is 234 g/mol. The minimum absolute atomic E-state index is 0.165. The summed E-state index contributed by atoms with van der Waals surface area (Å²) >= 11 is 8.80. The van der Waals surface area contributed by atoms with E-state index in [0.29, 0.717) is 9.50 Å². The van der Waals surface area contributed by atoms with Crippen LogP contribution in [-0.2, 0) is 0 Å². The lowest BCUT2D eigenvalue weighted by Gasteiger charge is -1.96. The molecule has 1 amide bonds. The van der Waals surface area contributed by atoms with Gasteiger partial charge >= 0.3 is 0 Å². The van der Waals surface area contributed by atoms with E-state index in [-0.39, 0.29) is 5.69 Å². The third-order valence-electron chi connectivity index (χ3n) is 1.06. The first kappa shape index (κ1) is 8.49. The quantitative estimate of drug-likeness (QED) is 0.804. The molecule has 0 fully saturated rings. The molecular weight excluding hydrogens is 231 g/mol. The summed E-state index contributed by atoms with van der Waals surface area (Å²) in [6.07, 6.45) is 1.43. The molecule has 3 nitrogen and oxygen atoms in total. The minimum atomic E-state index is -0.584. The van der Waals surface area contributed by atoms with Gasteiger partial charge in [0.05, 0.1) is 9.50 Å². The second-order valence-corrected chi connectivity index (χ2v) is 3.11. The number of carbonyl (C=O) groups is 1. The Labute approximate surface area is 76.7 Å². The minimum Gasteiger partial charge on any atom is -0.364 e. The van der Waals surface area contributed by atoms with Gasteiger partial charge in [-0.05, 0) is 22.0 Å². The molecule has 1 aromatic heterocycles. The first-order valence-corrected chi connectivity index (χ1v) is 3.89. The van der Waals surface area contributed by atoms with E-state index in [1.54, 1.807) is 0 Å². The van der Waals surface area contributed by atoms with E-state index in [4.69, 9.17) is 17.3 Å². The standard InChI is InChI=1S/C6H4BrClN2O/c7-3-2-10-5(6(9)11)1-4(3)8/h1-2H,(H2,9,11). The highest BCUT2D eigenvalue weighted by Gasteiger charge is 2.04. The number of aromatic nitrogens is 1. The van der Waals surface area contributed by atoms with Crippen LogP contribution in [0, 0.1) is 0 Å². The molecule has 0 bridgehead atoms. The Morgan fingerprint density at radius 3 is 2.82 bits per heavy atom. The molecule has 0 unspecified atom stereocenters. The van der Waals surface area contributed by atoms with Crippen LogP contribution in [0.3, 0.4) is 0 Å². The lowest BCUT2D eigenvalue weighted by atomic mass is 10.3. The molecule has 1 aromatic rings. The maximum Gasteiger partial charge on any atom is 0.267 e. The molecular formula is C6H4BrClN2O. The van der Waals surface area contributed by atoms with E-state index < -0.39 is 5.91 Å². The van der Waals surface area contributed by atoms with Crippen molar-refractivity contribution < 1.29 is 4.79 Å². The van der Waals surface area contributed by atoms with Crippen LogP contribution in [0.4, 0.5) is 0 Å². The summed E-state index contributed by atoms with van der Waals surface area (Å²) in [4.78, 5) is 14.3. The lowest BCUT2D eigenvalue weighted by molar-refractivity contribution is 0.0995. The number of hydrogen-bond donors (Lipinski definition) is 1. The highest BCUT2D eigenvalue weighted by Crippen LogP contribution is 2.20. The van der Waals surface area contributed by atoms with Crippen molar-refractivity contribution in [3.8, 4) is 0 Å². The first-order chi connectivity index (χ1) is 5.11. The third kappa shape index (κ3) is 1.91. The molecule has 0 spiro atoms. The van der Waals surface area contributed by atoms with E-state index in [9.17, 15) is 4.79 Å². The molecule has 58 valence electrons. The van der Waals surface area contributed by atoms with E-state index in [1.165, 1.54) is 12.3 Å². The zero-order valence-electron chi connectivity index (χ0n) is 5.34. The summed E-state index contributed by atoms with van der Waals surface area (Å²) in [6, 6.07) is 1.41. The average molecular weight is 235 g/mol. The number of nitrogens with two attached hydrogens (primary N) is 1. The van der Waals surface area contributed by atoms with Crippen LogP contribution in [0.5, 0.6) is 0 Å². The van der Waals surface area contributed by atoms with Crippen molar-refractivity contribution >= 4 is 33.4 Å². The topological polar surface area (TPSA) is 56.0 Å². The van der Waals surface area contributed by atoms with Gasteiger partial charge in [-0.2, -0.15) is 0 Å². The van der Waals surface area contributed by atoms with Crippen LogP contribution < -0.4 is 5.73 Å². The van der Waals surface area contributed by atoms with Crippen molar-refractivity contribution in [2.75, 3.05) is 0 Å². The Morgan fingerprint density at radius 1 is 1.73 bits per heavy atom. The van der Waals surface area contributed by atoms with Crippen molar-refractivity contribution in [1.82, 2.24) is 4.98 Å². The lowest BCUT2D eigenvalue weighted by Crippen LogP contribution is -2.12. The second kappa shape index (κ2) is 3.19. The van der Waals surface area contributed by atoms with Gasteiger partial charge in [-0.25, -0.2) is 4.98 Å². The number of nitrogens with zero attached hydrogens (tertiary/aromatic N) is 1. The van der Waals surface area contributed by atoms with Gasteiger partial charge in [0.25, 0.3) is 5.91 Å². The number of rotatable bonds is 1. The Morgan fingerprint density at radius 2 is 2.36 bits per heavy atom. The number of carbonyl (C=O) groups excluding carboxylic acids is 1. The fourth-order valence-electron chi connectivity index (χ4n) is 0.549. The Bertz CT molecular complexity index is 303. The van der Waals surface area contributed by atoms with Crippen molar-refractivity contribution in [1.29, 1.82) is 0 Å². The number of hydrogen-bond acceptors (Lipinski definition) is 2. The van der Waals surface area contributed by atoms with Crippen LogP contribution in [0.15, 0.2) is 16.7 Å². The Hall–Kier alpha value is -0.610. The number of primary amides is 1. The van der Waals surface area contributed by atoms with Gasteiger partial charge in [0.2, 0.25) is 0 Å². The third-order valence-corrected chi connectivity index (χ3v) is 2.23. The maximum atomic E-state index is 10.6. The summed E-state index contributed by atoms with van der Waals surface area (Å²) in [5.74, 6) is -0.584. The van der Waals surface area contributed by atoms with Crippen molar-refractivity contribution in [3.05, 3.63) is 27.5 Å². The molecule has 1 heterocycles. The molecule has 0 aliphatic carbocycles. The highest BCUT2D eigenvalue weighted by atomic mass is 79.9. The van der Waals surface area contributed by atoms with E-state index in [1.807, 2.05) is 0 Å². The molecule has 5 heteroatoms. The molecule has 0 saturated heterocycles. The molecule has 0 aliphatic rings. The summed E-state index contributed by atoms with van der Waals surface area (Å²) < 4.78 is 0.643. The van der Waals surface area contributed by atoms with Crippen LogP contribution in [0.25, 0.3) is 0 Å². The molecule has 0 aliphatic heterocycles. The molecule has 0 radical (unpaired) electrons. The molecule has 0 atom stereocenters. The summed E-state index contributed by atoms with van der Waals surface area (Å²) in [5, 5.41) is 0.425. The fourth-order valence-corrected chi connectivity index (χ4v) is 0.918. The summed E-state index contributed by atoms with van der Waals surface area (Å²) in [6.45, 7) is 0. The van der Waals surface area contributed by atoms with Gasteiger partial charge in [-0.3, -0.25) is 4.79 Å². The van der Waals surface area contributed by atoms with Crippen LogP contribution in [0.1, 0.15) is 10.5 Å². The SMILES string of the molecule is NC(=O)c1cc(Cl)c(Br)cn1. The second-order valence-electron chi connectivity index (χ2n) is 1.85.